The molecule has 1 aromatic carbocycles. The minimum Gasteiger partial charge on any atom is -0.496 e. The highest BCUT2D eigenvalue weighted by atomic mass is 32.2. The first kappa shape index (κ1) is 22.9. The van der Waals surface area contributed by atoms with Crippen LogP contribution in [0.2, 0.25) is 0 Å². The summed E-state index contributed by atoms with van der Waals surface area (Å²) in [5.74, 6) is -0.898. The number of methoxy groups -OCH3 is 1. The molecule has 1 N–H and O–H groups in total. The Hall–Kier alpha value is -1.39. The summed E-state index contributed by atoms with van der Waals surface area (Å²) in [7, 11) is -1.93. The minimum atomic E-state index is -4.96. The van der Waals surface area contributed by atoms with Crippen molar-refractivity contribution in [2.45, 2.75) is 37.5 Å². The Morgan fingerprint density at radius 2 is 1.75 bits per heavy atom. The van der Waals surface area contributed by atoms with Crippen molar-refractivity contribution >= 4 is 9.84 Å². The Balaban J connectivity index is 2.32. The maximum absolute atomic E-state index is 13.8. The van der Waals surface area contributed by atoms with Crippen LogP contribution in [0.5, 0.6) is 5.75 Å². The Kier molecular flexibility index (Phi) is 6.37. The molecule has 1 heterocycles. The van der Waals surface area contributed by atoms with Crippen molar-refractivity contribution in [3.05, 3.63) is 29.6 Å². The second-order valence-electron chi connectivity index (χ2n) is 7.86. The maximum atomic E-state index is 13.8. The lowest BCUT2D eigenvalue weighted by Crippen LogP contribution is -2.58. The number of rotatable bonds is 6. The van der Waals surface area contributed by atoms with Crippen LogP contribution in [0.4, 0.5) is 17.6 Å². The summed E-state index contributed by atoms with van der Waals surface area (Å²) in [5.41, 5.74) is -4.17. The molecular weight excluding hydrogens is 402 g/mol. The molecule has 0 saturated carbocycles. The first-order valence-corrected chi connectivity index (χ1v) is 10.6. The van der Waals surface area contributed by atoms with Crippen molar-refractivity contribution < 1.29 is 35.8 Å². The lowest BCUT2D eigenvalue weighted by atomic mass is 9.74. The molecule has 1 aliphatic rings. The zero-order valence-corrected chi connectivity index (χ0v) is 16.8. The second-order valence-corrected chi connectivity index (χ2v) is 10.2. The van der Waals surface area contributed by atoms with Gasteiger partial charge in [-0.25, -0.2) is 12.8 Å². The Bertz CT molecular complexity index is 796. The van der Waals surface area contributed by atoms with Crippen LogP contribution in [-0.2, 0) is 15.3 Å². The summed E-state index contributed by atoms with van der Waals surface area (Å²) >= 11 is 0. The van der Waals surface area contributed by atoms with Crippen LogP contribution in [-0.4, -0.2) is 68.5 Å². The number of hydrogen-bond acceptors (Lipinski definition) is 5. The number of benzene rings is 1. The Morgan fingerprint density at radius 3 is 2.25 bits per heavy atom. The number of nitrogens with zero attached hydrogens (tertiary/aromatic N) is 1. The molecule has 28 heavy (non-hydrogen) atoms. The van der Waals surface area contributed by atoms with Crippen molar-refractivity contribution in [3.8, 4) is 5.75 Å². The van der Waals surface area contributed by atoms with Crippen molar-refractivity contribution in [1.29, 1.82) is 0 Å². The van der Waals surface area contributed by atoms with Gasteiger partial charge in [-0.05, 0) is 30.0 Å². The molecule has 0 radical (unpaired) electrons. The molecule has 160 valence electrons. The van der Waals surface area contributed by atoms with Gasteiger partial charge >= 0.3 is 6.18 Å². The molecule has 1 aliphatic heterocycles. The third kappa shape index (κ3) is 5.15. The van der Waals surface area contributed by atoms with E-state index in [9.17, 15) is 31.1 Å². The van der Waals surface area contributed by atoms with Crippen LogP contribution in [0.3, 0.4) is 0 Å². The maximum Gasteiger partial charge on any atom is 0.418 e. The molecule has 1 unspecified atom stereocenters. The smallest absolute Gasteiger partial charge is 0.418 e. The monoisotopic (exact) mass is 427 g/mol. The van der Waals surface area contributed by atoms with E-state index in [1.807, 2.05) is 0 Å². The average molecular weight is 427 g/mol. The Labute approximate surface area is 162 Å². The largest absolute Gasteiger partial charge is 0.496 e. The summed E-state index contributed by atoms with van der Waals surface area (Å²) in [5, 5.41) is 10.6. The molecule has 1 saturated heterocycles. The minimum absolute atomic E-state index is 0.0789. The number of ether oxygens (including phenoxy) is 1. The third-order valence-corrected chi connectivity index (χ3v) is 6.68. The quantitative estimate of drug-likeness (QED) is 0.707. The van der Waals surface area contributed by atoms with Crippen molar-refractivity contribution in [2.24, 2.45) is 0 Å². The van der Waals surface area contributed by atoms with E-state index in [1.165, 1.54) is 31.9 Å². The van der Waals surface area contributed by atoms with Gasteiger partial charge in [0.1, 0.15) is 11.6 Å². The summed E-state index contributed by atoms with van der Waals surface area (Å²) in [6.45, 7) is 2.03. The van der Waals surface area contributed by atoms with E-state index in [0.717, 1.165) is 12.1 Å². The molecule has 1 aromatic rings. The van der Waals surface area contributed by atoms with Crippen molar-refractivity contribution in [2.75, 3.05) is 38.2 Å². The summed E-state index contributed by atoms with van der Waals surface area (Å²) in [6, 6.07) is 3.57. The predicted molar refractivity (Wildman–Crippen MR) is 96.7 cm³/mol. The normalized spacial score (nSPS) is 20.6. The highest BCUT2D eigenvalue weighted by molar-refractivity contribution is 7.91. The summed E-state index contributed by atoms with van der Waals surface area (Å²) in [6.07, 6.45) is -5.70. The van der Waals surface area contributed by atoms with Crippen LogP contribution in [0.15, 0.2) is 18.2 Å². The van der Waals surface area contributed by atoms with Gasteiger partial charge in [-0.3, -0.25) is 4.90 Å². The van der Waals surface area contributed by atoms with Crippen LogP contribution >= 0.6 is 0 Å². The van der Waals surface area contributed by atoms with E-state index in [2.05, 4.69) is 0 Å². The van der Waals surface area contributed by atoms with Gasteiger partial charge < -0.3 is 9.84 Å². The molecule has 2 rings (SSSR count). The summed E-state index contributed by atoms with van der Waals surface area (Å²) < 4.78 is 83.4. The number of alkyl halides is 3. The van der Waals surface area contributed by atoms with E-state index in [4.69, 9.17) is 4.74 Å². The molecule has 0 spiro atoms. The second kappa shape index (κ2) is 7.79. The Morgan fingerprint density at radius 1 is 1.18 bits per heavy atom. The number of sulfone groups is 1. The molecule has 1 fully saturated rings. The van der Waals surface area contributed by atoms with E-state index < -0.39 is 45.8 Å². The van der Waals surface area contributed by atoms with Gasteiger partial charge in [-0.1, -0.05) is 13.8 Å². The topological polar surface area (TPSA) is 66.8 Å². The van der Waals surface area contributed by atoms with Gasteiger partial charge in [0.25, 0.3) is 0 Å². The SMILES string of the molecule is COc1ccc(F)cc1C(C)(C)CC(O)(CN1CCS(=O)(=O)CC1)C(F)(F)F. The van der Waals surface area contributed by atoms with Crippen molar-refractivity contribution in [1.82, 2.24) is 4.90 Å². The first-order valence-electron chi connectivity index (χ1n) is 8.75. The molecular formula is C18H25F4NO4S. The van der Waals surface area contributed by atoms with Crippen LogP contribution in [0.1, 0.15) is 25.8 Å². The molecule has 0 bridgehead atoms. The lowest BCUT2D eigenvalue weighted by Gasteiger charge is -2.41. The van der Waals surface area contributed by atoms with Crippen LogP contribution < -0.4 is 4.74 Å². The van der Waals surface area contributed by atoms with Crippen LogP contribution in [0, 0.1) is 5.82 Å². The molecule has 0 aliphatic carbocycles. The van der Waals surface area contributed by atoms with Crippen molar-refractivity contribution in [3.63, 3.8) is 0 Å². The van der Waals surface area contributed by atoms with Gasteiger partial charge in [0.05, 0.1) is 18.6 Å². The van der Waals surface area contributed by atoms with E-state index in [1.54, 1.807) is 0 Å². The number of hydrogen-bond donors (Lipinski definition) is 1. The van der Waals surface area contributed by atoms with Gasteiger partial charge in [0, 0.05) is 25.2 Å². The first-order chi connectivity index (χ1) is 12.7. The molecule has 1 atom stereocenters. The van der Waals surface area contributed by atoms with E-state index >= 15 is 0 Å². The number of halogens is 4. The molecule has 10 heteroatoms. The van der Waals surface area contributed by atoms with Crippen LogP contribution in [0.25, 0.3) is 0 Å². The highest BCUT2D eigenvalue weighted by Crippen LogP contribution is 2.44. The number of aliphatic hydroxyl groups is 1. The average Bonchev–Trinajstić information content (AvgIpc) is 2.55. The van der Waals surface area contributed by atoms with Gasteiger partial charge in [-0.2, -0.15) is 13.2 Å². The fourth-order valence-corrected chi connectivity index (χ4v) is 4.84. The van der Waals surface area contributed by atoms with E-state index in [-0.39, 0.29) is 35.9 Å². The molecule has 0 amide bonds. The number of β-amino-alcohol motifs (C(OH)–C–C–N with tert-alkyl or cyclic N) is 1. The van der Waals surface area contributed by atoms with E-state index in [0.29, 0.717) is 0 Å². The third-order valence-electron chi connectivity index (χ3n) is 5.07. The lowest BCUT2D eigenvalue weighted by molar-refractivity contribution is -0.271. The fraction of sp³-hybridized carbons (Fsp3) is 0.667. The zero-order valence-electron chi connectivity index (χ0n) is 16.0. The molecule has 5 nitrogen and oxygen atoms in total. The predicted octanol–water partition coefficient (Wildman–Crippen LogP) is 2.53. The zero-order chi connectivity index (χ0) is 21.4. The fourth-order valence-electron chi connectivity index (χ4n) is 3.56. The standard InChI is InChI=1S/C18H25F4NO4S/c1-16(2,14-10-13(19)4-5-15(14)27-3)11-17(24,18(20,21)22)12-23-6-8-28(25,26)9-7-23/h4-5,10,24H,6-9,11-12H2,1-3H3. The molecule has 0 aromatic heterocycles. The summed E-state index contributed by atoms with van der Waals surface area (Å²) in [4.78, 5) is 1.30. The van der Waals surface area contributed by atoms with Gasteiger partial charge in [0.2, 0.25) is 0 Å². The highest BCUT2D eigenvalue weighted by Gasteiger charge is 2.57. The van der Waals surface area contributed by atoms with Gasteiger partial charge in [0.15, 0.2) is 15.4 Å². The van der Waals surface area contributed by atoms with Gasteiger partial charge in [-0.15, -0.1) is 0 Å².